The maximum Gasteiger partial charge on any atom is 0.171 e. The quantitative estimate of drug-likeness (QED) is 0.721. The van der Waals surface area contributed by atoms with E-state index in [0.717, 1.165) is 12.2 Å². The molecule has 0 radical (unpaired) electrons. The van der Waals surface area contributed by atoms with Crippen LogP contribution in [0.1, 0.15) is 35.6 Å². The number of benzene rings is 2. The molecular weight excluding hydrogens is 326 g/mol. The Labute approximate surface area is 156 Å². The lowest BCUT2D eigenvalue weighted by atomic mass is 10.1. The molecule has 0 amide bonds. The maximum atomic E-state index is 5.52. The van der Waals surface area contributed by atoms with Crippen molar-refractivity contribution in [2.75, 3.05) is 25.0 Å². The highest BCUT2D eigenvalue weighted by atomic mass is 32.1. The van der Waals surface area contributed by atoms with Gasteiger partial charge in [-0.1, -0.05) is 36.4 Å². The predicted octanol–water partition coefficient (Wildman–Crippen LogP) is 3.01. The maximum absolute atomic E-state index is 5.52. The van der Waals surface area contributed by atoms with Crippen molar-refractivity contribution in [2.24, 2.45) is 0 Å². The second-order valence-corrected chi connectivity index (χ2v) is 7.37. The minimum absolute atomic E-state index is 0.447. The van der Waals surface area contributed by atoms with Gasteiger partial charge >= 0.3 is 0 Å². The van der Waals surface area contributed by atoms with Crippen LogP contribution in [-0.2, 0) is 0 Å². The van der Waals surface area contributed by atoms with Crippen LogP contribution in [0.5, 0.6) is 0 Å². The smallest absolute Gasteiger partial charge is 0.171 e. The number of nitrogens with one attached hydrogen (secondary N) is 3. The summed E-state index contributed by atoms with van der Waals surface area (Å²) in [6, 6.07) is 17.6. The number of thiocarbonyl (C=S) groups is 1. The number of likely N-dealkylation sites (tertiary alicyclic amines) is 1. The van der Waals surface area contributed by atoms with Gasteiger partial charge in [0.2, 0.25) is 0 Å². The van der Waals surface area contributed by atoms with E-state index >= 15 is 0 Å². The first-order valence-electron chi connectivity index (χ1n) is 9.15. The fraction of sp³-hybridized carbons (Fsp3) is 0.381. The molecule has 1 heterocycles. The Bertz CT molecular complexity index is 708. The fourth-order valence-electron chi connectivity index (χ4n) is 3.55. The van der Waals surface area contributed by atoms with Crippen LogP contribution in [0.25, 0.3) is 0 Å². The zero-order chi connectivity index (χ0) is 17.6. The summed E-state index contributed by atoms with van der Waals surface area (Å²) in [6.45, 7) is 7.60. The van der Waals surface area contributed by atoms with E-state index < -0.39 is 0 Å². The van der Waals surface area contributed by atoms with E-state index in [1.807, 2.05) is 0 Å². The lowest BCUT2D eigenvalue weighted by Crippen LogP contribution is -3.11. The molecule has 1 aliphatic heterocycles. The van der Waals surface area contributed by atoms with Crippen molar-refractivity contribution in [1.82, 2.24) is 5.32 Å². The van der Waals surface area contributed by atoms with Crippen molar-refractivity contribution in [3.05, 3.63) is 65.2 Å². The van der Waals surface area contributed by atoms with E-state index in [1.165, 1.54) is 42.6 Å². The predicted molar refractivity (Wildman–Crippen MR) is 109 cm³/mol. The molecule has 3 N–H and O–H groups in total. The van der Waals surface area contributed by atoms with Crippen molar-refractivity contribution >= 4 is 23.0 Å². The largest absolute Gasteiger partial charge is 0.356 e. The summed E-state index contributed by atoms with van der Waals surface area (Å²) in [5.41, 5.74) is 5.01. The van der Waals surface area contributed by atoms with Crippen molar-refractivity contribution in [1.29, 1.82) is 0 Å². The number of hydrogen-bond acceptors (Lipinski definition) is 1. The Morgan fingerprint density at radius 3 is 2.44 bits per heavy atom. The van der Waals surface area contributed by atoms with Gasteiger partial charge in [0.25, 0.3) is 0 Å². The summed E-state index contributed by atoms with van der Waals surface area (Å²) in [4.78, 5) is 1.66. The SMILES string of the molecule is Cc1ccc(NC(=S)NC[C@@H](c2ccccc2)[NH+]2CCCC2)cc1C. The van der Waals surface area contributed by atoms with Crippen molar-refractivity contribution in [3.8, 4) is 0 Å². The van der Waals surface area contributed by atoms with Gasteiger partial charge in [-0.2, -0.15) is 0 Å². The van der Waals surface area contributed by atoms with E-state index in [-0.39, 0.29) is 0 Å². The highest BCUT2D eigenvalue weighted by Gasteiger charge is 2.27. The van der Waals surface area contributed by atoms with Crippen molar-refractivity contribution in [3.63, 3.8) is 0 Å². The summed E-state index contributed by atoms with van der Waals surface area (Å²) in [7, 11) is 0. The monoisotopic (exact) mass is 354 g/mol. The Kier molecular flexibility index (Phi) is 6.05. The molecular formula is C21H28N3S+. The van der Waals surface area contributed by atoms with Gasteiger partial charge < -0.3 is 15.5 Å². The average molecular weight is 355 g/mol. The van der Waals surface area contributed by atoms with E-state index in [1.54, 1.807) is 4.90 Å². The van der Waals surface area contributed by atoms with Crippen LogP contribution < -0.4 is 15.5 Å². The molecule has 25 heavy (non-hydrogen) atoms. The van der Waals surface area contributed by atoms with Gasteiger partial charge in [-0.3, -0.25) is 0 Å². The molecule has 3 rings (SSSR count). The molecule has 0 bridgehead atoms. The molecule has 0 saturated carbocycles. The van der Waals surface area contributed by atoms with Gasteiger partial charge in [-0.25, -0.2) is 0 Å². The van der Waals surface area contributed by atoms with Gasteiger partial charge in [0.1, 0.15) is 6.04 Å². The average Bonchev–Trinajstić information content (AvgIpc) is 3.14. The highest BCUT2D eigenvalue weighted by molar-refractivity contribution is 7.80. The first kappa shape index (κ1) is 17.9. The van der Waals surface area contributed by atoms with Crippen molar-refractivity contribution < 1.29 is 4.90 Å². The molecule has 0 aliphatic carbocycles. The molecule has 3 nitrogen and oxygen atoms in total. The third-order valence-corrected chi connectivity index (χ3v) is 5.42. The lowest BCUT2D eigenvalue weighted by Gasteiger charge is -2.26. The Morgan fingerprint density at radius 2 is 1.76 bits per heavy atom. The van der Waals surface area contributed by atoms with Gasteiger partial charge in [-0.15, -0.1) is 0 Å². The lowest BCUT2D eigenvalue weighted by molar-refractivity contribution is -0.918. The summed E-state index contributed by atoms with van der Waals surface area (Å²) < 4.78 is 0. The van der Waals surface area contributed by atoms with E-state index in [0.29, 0.717) is 11.2 Å². The Hall–Kier alpha value is -1.91. The molecule has 1 atom stereocenters. The minimum Gasteiger partial charge on any atom is -0.356 e. The third-order valence-electron chi connectivity index (χ3n) is 5.17. The van der Waals surface area contributed by atoms with Gasteiger partial charge in [0, 0.05) is 24.1 Å². The van der Waals surface area contributed by atoms with Gasteiger partial charge in [0.15, 0.2) is 5.11 Å². The van der Waals surface area contributed by atoms with Crippen LogP contribution >= 0.6 is 12.2 Å². The van der Waals surface area contributed by atoms with Gasteiger partial charge in [-0.05, 0) is 49.3 Å². The second kappa shape index (κ2) is 8.45. The number of anilines is 1. The van der Waals surface area contributed by atoms with Crippen LogP contribution in [0.15, 0.2) is 48.5 Å². The topological polar surface area (TPSA) is 28.5 Å². The third kappa shape index (κ3) is 4.80. The van der Waals surface area contributed by atoms with Crippen LogP contribution in [0, 0.1) is 13.8 Å². The number of aryl methyl sites for hydroxylation is 2. The van der Waals surface area contributed by atoms with Crippen LogP contribution in [0.2, 0.25) is 0 Å². The Morgan fingerprint density at radius 1 is 1.04 bits per heavy atom. The van der Waals surface area contributed by atoms with E-state index in [4.69, 9.17) is 12.2 Å². The summed E-state index contributed by atoms with van der Waals surface area (Å²) >= 11 is 5.52. The zero-order valence-corrected chi connectivity index (χ0v) is 16.0. The fourth-order valence-corrected chi connectivity index (χ4v) is 3.75. The molecule has 132 valence electrons. The van der Waals surface area contributed by atoms with Crippen LogP contribution in [0.3, 0.4) is 0 Å². The summed E-state index contributed by atoms with van der Waals surface area (Å²) in [6.07, 6.45) is 2.65. The standard InChI is InChI=1S/C21H27N3S/c1-16-10-11-19(14-17(16)2)23-21(25)22-15-20(24-12-6-7-13-24)18-8-4-3-5-9-18/h3-5,8-11,14,20H,6-7,12-13,15H2,1-2H3,(H2,22,23,25)/p+1/t20-/m0/s1. The first-order valence-corrected chi connectivity index (χ1v) is 9.56. The number of rotatable bonds is 5. The molecule has 1 aliphatic rings. The molecule has 2 aromatic carbocycles. The van der Waals surface area contributed by atoms with Crippen molar-refractivity contribution in [2.45, 2.75) is 32.7 Å². The Balaban J connectivity index is 1.62. The van der Waals surface area contributed by atoms with Crippen LogP contribution in [0.4, 0.5) is 5.69 Å². The molecule has 0 aromatic heterocycles. The molecule has 0 spiro atoms. The van der Waals surface area contributed by atoms with Gasteiger partial charge in [0.05, 0.1) is 19.6 Å². The van der Waals surface area contributed by atoms with E-state index in [2.05, 4.69) is 73.0 Å². The van der Waals surface area contributed by atoms with E-state index in [9.17, 15) is 0 Å². The molecule has 1 fully saturated rings. The molecule has 2 aromatic rings. The summed E-state index contributed by atoms with van der Waals surface area (Å²) in [5.74, 6) is 0. The highest BCUT2D eigenvalue weighted by Crippen LogP contribution is 2.14. The zero-order valence-electron chi connectivity index (χ0n) is 15.1. The normalized spacial score (nSPS) is 15.8. The molecule has 1 saturated heterocycles. The summed E-state index contributed by atoms with van der Waals surface area (Å²) in [5, 5.41) is 7.46. The first-order chi connectivity index (χ1) is 12.1. The molecule has 4 heteroatoms. The number of quaternary nitrogens is 1. The second-order valence-electron chi connectivity index (χ2n) is 6.96. The minimum atomic E-state index is 0.447. The molecule has 0 unspecified atom stereocenters. The van der Waals surface area contributed by atoms with Crippen LogP contribution in [-0.4, -0.2) is 24.7 Å². The number of hydrogen-bond donors (Lipinski definition) is 3.